The highest BCUT2D eigenvalue weighted by atomic mass is 16.3. The molecule has 1 N–H and O–H groups in total. The summed E-state index contributed by atoms with van der Waals surface area (Å²) in [5.41, 5.74) is 2.13. The number of likely N-dealkylation sites (tertiary alicyclic amines) is 1. The summed E-state index contributed by atoms with van der Waals surface area (Å²) in [4.78, 5) is 19.7. The molecule has 1 aromatic rings. The highest BCUT2D eigenvalue weighted by Gasteiger charge is 2.30. The summed E-state index contributed by atoms with van der Waals surface area (Å²) < 4.78 is 0. The number of nitrogens with zero attached hydrogens (tertiary/aromatic N) is 3. The lowest BCUT2D eigenvalue weighted by Gasteiger charge is -2.39. The lowest BCUT2D eigenvalue weighted by Crippen LogP contribution is -2.44. The van der Waals surface area contributed by atoms with Crippen molar-refractivity contribution in [1.29, 1.82) is 0 Å². The van der Waals surface area contributed by atoms with Gasteiger partial charge in [0, 0.05) is 31.2 Å². The van der Waals surface area contributed by atoms with E-state index in [4.69, 9.17) is 0 Å². The van der Waals surface area contributed by atoms with Gasteiger partial charge in [0.2, 0.25) is 5.91 Å². The van der Waals surface area contributed by atoms with Crippen LogP contribution in [0.1, 0.15) is 91.0 Å². The van der Waals surface area contributed by atoms with Crippen molar-refractivity contribution >= 4 is 11.6 Å². The highest BCUT2D eigenvalue weighted by molar-refractivity contribution is 5.96. The zero-order valence-corrected chi connectivity index (χ0v) is 25.2. The molecule has 2 aliphatic heterocycles. The van der Waals surface area contributed by atoms with Gasteiger partial charge in [-0.15, -0.1) is 19.4 Å². The fourth-order valence-electron chi connectivity index (χ4n) is 5.69. The van der Waals surface area contributed by atoms with E-state index >= 15 is 0 Å². The Kier molecular flexibility index (Phi) is 18.2. The summed E-state index contributed by atoms with van der Waals surface area (Å²) in [6.45, 7) is 15.8. The van der Waals surface area contributed by atoms with Crippen LogP contribution in [-0.2, 0) is 11.3 Å². The lowest BCUT2D eigenvalue weighted by atomic mass is 9.89. The Bertz CT molecular complexity index is 847. The number of allylic oxidation sites excluding steroid dienone is 2. The number of benzene rings is 1. The Morgan fingerprint density at radius 1 is 1.00 bits per heavy atom. The monoisotopic (exact) mass is 537 g/mol. The standard InChI is InChI=1S/C26H39N3O2.C4H8.C2H6.C2H2/c1-2-8-25(30)28-19-22-9-6-7-12-24(22)29(26(31)20-28)18-15-21-13-16-27(17-14-21)23-10-4-3-5-11-23;1-3-4-2;2*1-2/h2,6-7,9,12,21,23,25,30H,1,3-5,8,10-11,13-20H2;3-4H,1-2H3;1-2H3;1-2H/b;4-3+;;. The first-order valence-electron chi connectivity index (χ1n) is 15.1. The number of aliphatic hydroxyl groups excluding tert-OH is 1. The van der Waals surface area contributed by atoms with Gasteiger partial charge >= 0.3 is 0 Å². The third kappa shape index (κ3) is 11.3. The van der Waals surface area contributed by atoms with Crippen molar-refractivity contribution in [1.82, 2.24) is 9.80 Å². The number of rotatable bonds is 7. The van der Waals surface area contributed by atoms with E-state index in [-0.39, 0.29) is 12.5 Å². The summed E-state index contributed by atoms with van der Waals surface area (Å²) in [5, 5.41) is 10.5. The predicted octanol–water partition coefficient (Wildman–Crippen LogP) is 7.02. The van der Waals surface area contributed by atoms with E-state index in [2.05, 4.69) is 36.5 Å². The molecule has 5 nitrogen and oxygen atoms in total. The van der Waals surface area contributed by atoms with Gasteiger partial charge in [0.25, 0.3) is 0 Å². The molecular weight excluding hydrogens is 482 g/mol. The first kappa shape index (κ1) is 34.6. The number of para-hydroxylation sites is 1. The molecule has 0 bridgehead atoms. The molecular formula is C34H55N3O2. The van der Waals surface area contributed by atoms with Crippen LogP contribution in [0.3, 0.4) is 0 Å². The normalized spacial score (nSPS) is 19.8. The van der Waals surface area contributed by atoms with E-state index in [0.29, 0.717) is 18.9 Å². The molecule has 3 aliphatic rings. The van der Waals surface area contributed by atoms with E-state index in [9.17, 15) is 9.90 Å². The highest BCUT2D eigenvalue weighted by Crippen LogP contribution is 2.31. The van der Waals surface area contributed by atoms with E-state index in [1.807, 2.05) is 61.8 Å². The second kappa shape index (κ2) is 20.5. The molecule has 1 atom stereocenters. The fraction of sp³-hybridized carbons (Fsp3) is 0.618. The van der Waals surface area contributed by atoms with Gasteiger partial charge in [-0.1, -0.05) is 69.5 Å². The molecule has 2 fully saturated rings. The summed E-state index contributed by atoms with van der Waals surface area (Å²) >= 11 is 0. The van der Waals surface area contributed by atoms with Crippen LogP contribution in [-0.4, -0.2) is 59.3 Å². The maximum absolute atomic E-state index is 13.2. The third-order valence-corrected chi connectivity index (χ3v) is 7.93. The molecule has 1 aromatic carbocycles. The average Bonchev–Trinajstić information content (AvgIpc) is 3.15. The van der Waals surface area contributed by atoms with Crippen molar-refractivity contribution < 1.29 is 9.90 Å². The first-order chi connectivity index (χ1) is 19.1. The molecule has 1 aliphatic carbocycles. The second-order valence-electron chi connectivity index (χ2n) is 10.3. The number of anilines is 1. The molecule has 2 heterocycles. The number of carbonyl (C=O) groups excluding carboxylic acids is 1. The number of amides is 1. The van der Waals surface area contributed by atoms with Gasteiger partial charge < -0.3 is 14.9 Å². The Balaban J connectivity index is 0.000000856. The minimum atomic E-state index is -0.668. The van der Waals surface area contributed by atoms with Crippen LogP contribution in [0.5, 0.6) is 0 Å². The molecule has 0 radical (unpaired) electrons. The molecule has 1 saturated heterocycles. The molecule has 1 unspecified atom stereocenters. The SMILES string of the molecule is C#C.C/C=C/C.C=CCC(O)N1CC(=O)N(CCC2CCN(C3CCCCC3)CC2)c2ccccc2C1.CC. The van der Waals surface area contributed by atoms with Crippen LogP contribution in [0.2, 0.25) is 0 Å². The zero-order chi connectivity index (χ0) is 29.0. The quantitative estimate of drug-likeness (QED) is 0.300. The van der Waals surface area contributed by atoms with Gasteiger partial charge in [0.05, 0.1) is 6.54 Å². The molecule has 4 rings (SSSR count). The summed E-state index contributed by atoms with van der Waals surface area (Å²) in [6, 6.07) is 8.99. The van der Waals surface area contributed by atoms with Gasteiger partial charge in [0.1, 0.15) is 6.23 Å². The van der Waals surface area contributed by atoms with Crippen molar-refractivity contribution in [2.24, 2.45) is 5.92 Å². The molecule has 0 aromatic heterocycles. The Morgan fingerprint density at radius 2 is 1.62 bits per heavy atom. The van der Waals surface area contributed by atoms with Gasteiger partial charge in [-0.25, -0.2) is 0 Å². The van der Waals surface area contributed by atoms with Crippen molar-refractivity contribution in [3.05, 3.63) is 54.6 Å². The van der Waals surface area contributed by atoms with Crippen LogP contribution in [0.25, 0.3) is 0 Å². The largest absolute Gasteiger partial charge is 0.378 e. The topological polar surface area (TPSA) is 47.0 Å². The molecule has 5 heteroatoms. The number of carbonyl (C=O) groups is 1. The van der Waals surface area contributed by atoms with Crippen LogP contribution in [0, 0.1) is 18.8 Å². The predicted molar refractivity (Wildman–Crippen MR) is 168 cm³/mol. The van der Waals surface area contributed by atoms with E-state index < -0.39 is 6.23 Å². The molecule has 1 amide bonds. The van der Waals surface area contributed by atoms with E-state index in [0.717, 1.165) is 30.3 Å². The summed E-state index contributed by atoms with van der Waals surface area (Å²) in [6.07, 6.45) is 24.1. The number of hydrogen-bond donors (Lipinski definition) is 1. The Labute approximate surface area is 240 Å². The number of hydrogen-bond acceptors (Lipinski definition) is 4. The average molecular weight is 538 g/mol. The smallest absolute Gasteiger partial charge is 0.241 e. The molecule has 0 spiro atoms. The molecule has 218 valence electrons. The van der Waals surface area contributed by atoms with Crippen LogP contribution < -0.4 is 4.90 Å². The lowest BCUT2D eigenvalue weighted by molar-refractivity contribution is -0.122. The zero-order valence-electron chi connectivity index (χ0n) is 25.2. The van der Waals surface area contributed by atoms with Crippen molar-refractivity contribution in [3.63, 3.8) is 0 Å². The number of fused-ring (bicyclic) bond motifs is 1. The van der Waals surface area contributed by atoms with Crippen molar-refractivity contribution in [2.45, 2.75) is 104 Å². The first-order valence-corrected chi connectivity index (χ1v) is 15.1. The minimum Gasteiger partial charge on any atom is -0.378 e. The summed E-state index contributed by atoms with van der Waals surface area (Å²) in [5.74, 6) is 0.790. The third-order valence-electron chi connectivity index (χ3n) is 7.93. The Hall–Kier alpha value is -2.39. The fourth-order valence-corrected chi connectivity index (χ4v) is 5.69. The van der Waals surface area contributed by atoms with Crippen LogP contribution in [0.15, 0.2) is 49.1 Å². The van der Waals surface area contributed by atoms with Crippen molar-refractivity contribution in [3.8, 4) is 12.8 Å². The maximum Gasteiger partial charge on any atom is 0.241 e. The minimum absolute atomic E-state index is 0.0905. The number of piperidine rings is 1. The van der Waals surface area contributed by atoms with Crippen LogP contribution >= 0.6 is 0 Å². The maximum atomic E-state index is 13.2. The van der Waals surface area contributed by atoms with E-state index in [1.54, 1.807) is 6.08 Å². The second-order valence-corrected chi connectivity index (χ2v) is 10.3. The Morgan fingerprint density at radius 3 is 2.21 bits per heavy atom. The molecule has 1 saturated carbocycles. The number of aliphatic hydroxyl groups is 1. The van der Waals surface area contributed by atoms with Crippen molar-refractivity contribution in [2.75, 3.05) is 31.1 Å². The van der Waals surface area contributed by atoms with Gasteiger partial charge in [0.15, 0.2) is 0 Å². The number of terminal acetylenes is 1. The van der Waals surface area contributed by atoms with E-state index in [1.165, 1.54) is 58.0 Å². The summed E-state index contributed by atoms with van der Waals surface area (Å²) in [7, 11) is 0. The molecule has 39 heavy (non-hydrogen) atoms. The van der Waals surface area contributed by atoms with Gasteiger partial charge in [-0.05, 0) is 76.6 Å². The van der Waals surface area contributed by atoms with Gasteiger partial charge in [-0.2, -0.15) is 0 Å². The van der Waals surface area contributed by atoms with Crippen LogP contribution in [0.4, 0.5) is 5.69 Å². The van der Waals surface area contributed by atoms with Gasteiger partial charge in [-0.3, -0.25) is 9.69 Å².